The van der Waals surface area contributed by atoms with E-state index in [-0.39, 0.29) is 24.2 Å². The van der Waals surface area contributed by atoms with E-state index >= 15 is 0 Å². The van der Waals surface area contributed by atoms with E-state index in [1.807, 2.05) is 4.90 Å². The molecule has 1 amide bonds. The van der Waals surface area contributed by atoms with Gasteiger partial charge in [0.1, 0.15) is 5.69 Å². The van der Waals surface area contributed by atoms with Gasteiger partial charge in [0.15, 0.2) is 0 Å². The van der Waals surface area contributed by atoms with Gasteiger partial charge < -0.3 is 10.0 Å². The lowest BCUT2D eigenvalue weighted by Crippen LogP contribution is -2.49. The van der Waals surface area contributed by atoms with Gasteiger partial charge in [0.25, 0.3) is 5.91 Å². The van der Waals surface area contributed by atoms with Gasteiger partial charge in [-0.25, -0.2) is 4.68 Å². The Kier molecular flexibility index (Phi) is 7.04. The molecular formula is C27H30F3N5O2. The van der Waals surface area contributed by atoms with Crippen molar-refractivity contribution in [2.45, 2.75) is 50.9 Å². The first kappa shape index (κ1) is 25.4. The van der Waals surface area contributed by atoms with E-state index in [1.165, 1.54) is 10.7 Å². The van der Waals surface area contributed by atoms with Crippen molar-refractivity contribution in [1.82, 2.24) is 24.6 Å². The number of likely N-dealkylation sites (tertiary alicyclic amines) is 2. The average molecular weight is 514 g/mol. The van der Waals surface area contributed by atoms with E-state index in [2.05, 4.69) is 15.0 Å². The molecule has 1 aromatic carbocycles. The summed E-state index contributed by atoms with van der Waals surface area (Å²) >= 11 is 0. The number of benzene rings is 1. The van der Waals surface area contributed by atoms with E-state index in [9.17, 15) is 23.1 Å². The number of rotatable bonds is 5. The maximum absolute atomic E-state index is 13.9. The van der Waals surface area contributed by atoms with Crippen LogP contribution in [0.2, 0.25) is 0 Å². The highest BCUT2D eigenvalue weighted by molar-refractivity contribution is 6.01. The van der Waals surface area contributed by atoms with Crippen molar-refractivity contribution >= 4 is 5.91 Å². The number of hydrogen-bond acceptors (Lipinski definition) is 5. The second-order valence-electron chi connectivity index (χ2n) is 9.74. The molecule has 1 atom stereocenters. The van der Waals surface area contributed by atoms with Gasteiger partial charge in [0.2, 0.25) is 0 Å². The van der Waals surface area contributed by atoms with Crippen molar-refractivity contribution in [1.29, 1.82) is 0 Å². The van der Waals surface area contributed by atoms with Crippen LogP contribution in [0.1, 0.15) is 47.3 Å². The van der Waals surface area contributed by atoms with Gasteiger partial charge in [0.05, 0.1) is 29.1 Å². The molecule has 37 heavy (non-hydrogen) atoms. The smallest absolute Gasteiger partial charge is 0.395 e. The van der Waals surface area contributed by atoms with E-state index < -0.39 is 11.7 Å². The molecule has 0 saturated carbocycles. The molecule has 1 N–H and O–H groups in total. The Balaban J connectivity index is 1.46. The Bertz CT molecular complexity index is 1250. The lowest BCUT2D eigenvalue weighted by atomic mass is 10.00. The molecule has 196 valence electrons. The summed E-state index contributed by atoms with van der Waals surface area (Å²) in [4.78, 5) is 22.1. The van der Waals surface area contributed by atoms with E-state index in [1.54, 1.807) is 37.5 Å². The maximum atomic E-state index is 13.9. The second-order valence-corrected chi connectivity index (χ2v) is 9.74. The van der Waals surface area contributed by atoms with Crippen LogP contribution in [-0.4, -0.2) is 73.9 Å². The Morgan fingerprint density at radius 1 is 1.08 bits per heavy atom. The zero-order valence-electron chi connectivity index (χ0n) is 20.7. The number of alkyl halides is 3. The van der Waals surface area contributed by atoms with Crippen LogP contribution in [0, 0.1) is 6.92 Å². The fraction of sp³-hybridized carbons (Fsp3) is 0.444. The lowest BCUT2D eigenvalue weighted by molar-refractivity contribution is -0.137. The molecule has 0 radical (unpaired) electrons. The number of hydrogen-bond donors (Lipinski definition) is 1. The van der Waals surface area contributed by atoms with Gasteiger partial charge in [0, 0.05) is 43.1 Å². The molecule has 0 bridgehead atoms. The van der Waals surface area contributed by atoms with Crippen molar-refractivity contribution < 1.29 is 23.1 Å². The third kappa shape index (κ3) is 5.00. The molecule has 2 aromatic heterocycles. The minimum Gasteiger partial charge on any atom is -0.395 e. The fourth-order valence-electron chi connectivity index (χ4n) is 5.63. The SMILES string of the molecule is Cc1c(C(=O)N2CCC(N3CCCC3CO)CC2)c(-c2ccncc2)nn1-c1cccc(C(F)(F)F)c1. The number of aromatic nitrogens is 3. The molecule has 0 aliphatic carbocycles. The molecule has 1 unspecified atom stereocenters. The molecule has 2 aliphatic rings. The lowest BCUT2D eigenvalue weighted by Gasteiger charge is -2.39. The highest BCUT2D eigenvalue weighted by atomic mass is 19.4. The number of pyridine rings is 1. The Hall–Kier alpha value is -3.24. The molecule has 7 nitrogen and oxygen atoms in total. The number of carbonyl (C=O) groups is 1. The molecule has 4 heterocycles. The Morgan fingerprint density at radius 3 is 2.49 bits per heavy atom. The summed E-state index contributed by atoms with van der Waals surface area (Å²) in [6, 6.07) is 8.96. The first-order valence-electron chi connectivity index (χ1n) is 12.6. The van der Waals surface area contributed by atoms with Gasteiger partial charge in [-0.1, -0.05) is 6.07 Å². The standard InChI is InChI=1S/C27H30F3N5O2/c1-18-24(26(37)33-14-9-21(10-15-33)34-13-3-6-23(34)17-36)25(19-7-11-31-12-8-19)32-35(18)22-5-2-4-20(16-22)27(28,29)30/h2,4-5,7-8,11-12,16,21,23,36H,3,6,9-10,13-15,17H2,1H3. The summed E-state index contributed by atoms with van der Waals surface area (Å²) in [7, 11) is 0. The Labute approximate surface area is 213 Å². The minimum absolute atomic E-state index is 0.155. The minimum atomic E-state index is -4.49. The number of amides is 1. The van der Waals surface area contributed by atoms with Crippen LogP contribution in [-0.2, 0) is 6.18 Å². The summed E-state index contributed by atoms with van der Waals surface area (Å²) in [5.74, 6) is -0.180. The number of halogens is 3. The van der Waals surface area contributed by atoms with Crippen molar-refractivity contribution in [2.75, 3.05) is 26.2 Å². The van der Waals surface area contributed by atoms with E-state index in [0.29, 0.717) is 41.6 Å². The van der Waals surface area contributed by atoms with Crippen molar-refractivity contribution in [2.24, 2.45) is 0 Å². The molecular weight excluding hydrogens is 483 g/mol. The Morgan fingerprint density at radius 2 is 1.81 bits per heavy atom. The van der Waals surface area contributed by atoms with Gasteiger partial charge in [-0.2, -0.15) is 18.3 Å². The zero-order chi connectivity index (χ0) is 26.2. The molecule has 2 saturated heterocycles. The quantitative estimate of drug-likeness (QED) is 0.550. The maximum Gasteiger partial charge on any atom is 0.416 e. The van der Waals surface area contributed by atoms with Gasteiger partial charge in [-0.3, -0.25) is 14.7 Å². The summed E-state index contributed by atoms with van der Waals surface area (Å²) in [6.07, 6.45) is 2.41. The summed E-state index contributed by atoms with van der Waals surface area (Å²) < 4.78 is 41.6. The van der Waals surface area contributed by atoms with Crippen LogP contribution in [0.4, 0.5) is 13.2 Å². The predicted molar refractivity (Wildman–Crippen MR) is 132 cm³/mol. The largest absolute Gasteiger partial charge is 0.416 e. The van der Waals surface area contributed by atoms with Crippen LogP contribution < -0.4 is 0 Å². The summed E-state index contributed by atoms with van der Waals surface area (Å²) in [6.45, 7) is 3.99. The van der Waals surface area contributed by atoms with Crippen LogP contribution in [0.15, 0.2) is 48.8 Å². The van der Waals surface area contributed by atoms with Gasteiger partial charge in [-0.15, -0.1) is 0 Å². The molecule has 2 fully saturated rings. The highest BCUT2D eigenvalue weighted by Gasteiger charge is 2.35. The van der Waals surface area contributed by atoms with E-state index in [4.69, 9.17) is 0 Å². The molecule has 2 aliphatic heterocycles. The first-order valence-corrected chi connectivity index (χ1v) is 12.6. The summed E-state index contributed by atoms with van der Waals surface area (Å²) in [5.41, 5.74) is 1.43. The average Bonchev–Trinajstić information content (AvgIpc) is 3.53. The highest BCUT2D eigenvalue weighted by Crippen LogP contribution is 2.33. The van der Waals surface area contributed by atoms with Crippen LogP contribution in [0.5, 0.6) is 0 Å². The van der Waals surface area contributed by atoms with Crippen molar-refractivity contribution in [3.8, 4) is 16.9 Å². The number of carbonyl (C=O) groups excluding carboxylic acids is 1. The van der Waals surface area contributed by atoms with Crippen molar-refractivity contribution in [3.63, 3.8) is 0 Å². The number of piperidine rings is 1. The molecule has 10 heteroatoms. The second kappa shape index (κ2) is 10.3. The van der Waals surface area contributed by atoms with Crippen LogP contribution in [0.3, 0.4) is 0 Å². The summed E-state index contributed by atoms with van der Waals surface area (Å²) in [5, 5.41) is 14.3. The predicted octanol–water partition coefficient (Wildman–Crippen LogP) is 4.32. The molecule has 3 aromatic rings. The van der Waals surface area contributed by atoms with E-state index in [0.717, 1.165) is 44.4 Å². The van der Waals surface area contributed by atoms with Gasteiger partial charge in [-0.05, 0) is 69.5 Å². The normalized spacial score (nSPS) is 19.5. The van der Waals surface area contributed by atoms with Crippen molar-refractivity contribution in [3.05, 3.63) is 65.6 Å². The number of aliphatic hydroxyl groups excluding tert-OH is 1. The molecule has 5 rings (SSSR count). The molecule has 0 spiro atoms. The topological polar surface area (TPSA) is 74.5 Å². The number of aliphatic hydroxyl groups is 1. The third-order valence-corrected chi connectivity index (χ3v) is 7.56. The van der Waals surface area contributed by atoms with Crippen LogP contribution in [0.25, 0.3) is 16.9 Å². The van der Waals surface area contributed by atoms with Gasteiger partial charge >= 0.3 is 6.18 Å². The fourth-order valence-corrected chi connectivity index (χ4v) is 5.63. The first-order chi connectivity index (χ1) is 17.8. The van der Waals surface area contributed by atoms with Crippen LogP contribution >= 0.6 is 0 Å². The monoisotopic (exact) mass is 513 g/mol. The third-order valence-electron chi connectivity index (χ3n) is 7.56. The number of nitrogens with zero attached hydrogens (tertiary/aromatic N) is 5. The zero-order valence-corrected chi connectivity index (χ0v) is 20.7.